The van der Waals surface area contributed by atoms with Gasteiger partial charge in [-0.25, -0.2) is 0 Å². The Kier molecular flexibility index (Phi) is 4.30. The normalized spacial score (nSPS) is 9.33. The SMILES string of the molecule is Cc1ccc(C(=O)NCCCC#N)cn1. The lowest BCUT2D eigenvalue weighted by molar-refractivity contribution is 0.0953. The van der Waals surface area contributed by atoms with Gasteiger partial charge in [0.25, 0.3) is 5.91 Å². The van der Waals surface area contributed by atoms with E-state index in [-0.39, 0.29) is 5.91 Å². The van der Waals surface area contributed by atoms with E-state index in [1.165, 1.54) is 0 Å². The summed E-state index contributed by atoms with van der Waals surface area (Å²) in [4.78, 5) is 15.5. The molecule has 0 saturated carbocycles. The molecule has 78 valence electrons. The highest BCUT2D eigenvalue weighted by atomic mass is 16.1. The maximum atomic E-state index is 11.5. The number of hydrogen-bond donors (Lipinski definition) is 1. The third kappa shape index (κ3) is 3.77. The van der Waals surface area contributed by atoms with E-state index < -0.39 is 0 Å². The molecule has 1 amide bonds. The van der Waals surface area contributed by atoms with Crippen molar-refractivity contribution in [3.63, 3.8) is 0 Å². The molecule has 0 saturated heterocycles. The number of rotatable bonds is 4. The summed E-state index contributed by atoms with van der Waals surface area (Å²) in [5.41, 5.74) is 1.44. The number of amides is 1. The van der Waals surface area contributed by atoms with E-state index in [0.29, 0.717) is 24.9 Å². The van der Waals surface area contributed by atoms with Gasteiger partial charge in [0.05, 0.1) is 11.6 Å². The maximum absolute atomic E-state index is 11.5. The van der Waals surface area contributed by atoms with Crippen molar-refractivity contribution < 1.29 is 4.79 Å². The van der Waals surface area contributed by atoms with Crippen LogP contribution in [0.2, 0.25) is 0 Å². The smallest absolute Gasteiger partial charge is 0.252 e. The molecule has 0 bridgehead atoms. The molecule has 0 spiro atoms. The van der Waals surface area contributed by atoms with E-state index >= 15 is 0 Å². The molecule has 1 aromatic heterocycles. The van der Waals surface area contributed by atoms with Crippen LogP contribution in [0, 0.1) is 18.3 Å². The van der Waals surface area contributed by atoms with Crippen molar-refractivity contribution in [1.82, 2.24) is 10.3 Å². The molecule has 4 nitrogen and oxygen atoms in total. The maximum Gasteiger partial charge on any atom is 0.252 e. The Bertz CT molecular complexity index is 364. The lowest BCUT2D eigenvalue weighted by Crippen LogP contribution is -2.24. The molecular formula is C11H13N3O. The molecular weight excluding hydrogens is 190 g/mol. The summed E-state index contributed by atoms with van der Waals surface area (Å²) in [6.07, 6.45) is 2.70. The van der Waals surface area contributed by atoms with Crippen LogP contribution in [0.5, 0.6) is 0 Å². The summed E-state index contributed by atoms with van der Waals surface area (Å²) in [5, 5.41) is 11.0. The molecule has 0 unspecified atom stereocenters. The number of unbranched alkanes of at least 4 members (excludes halogenated alkanes) is 1. The lowest BCUT2D eigenvalue weighted by atomic mass is 10.2. The van der Waals surface area contributed by atoms with Crippen molar-refractivity contribution in [1.29, 1.82) is 5.26 Å². The van der Waals surface area contributed by atoms with Crippen LogP contribution in [0.25, 0.3) is 0 Å². The first kappa shape index (κ1) is 11.2. The highest BCUT2D eigenvalue weighted by molar-refractivity contribution is 5.93. The fraction of sp³-hybridized carbons (Fsp3) is 0.364. The van der Waals surface area contributed by atoms with Crippen molar-refractivity contribution in [2.45, 2.75) is 19.8 Å². The topological polar surface area (TPSA) is 65.8 Å². The third-order valence-electron chi connectivity index (χ3n) is 1.92. The van der Waals surface area contributed by atoms with E-state index in [1.54, 1.807) is 18.3 Å². The zero-order valence-electron chi connectivity index (χ0n) is 8.66. The molecule has 1 N–H and O–H groups in total. The predicted molar refractivity (Wildman–Crippen MR) is 56.2 cm³/mol. The highest BCUT2D eigenvalue weighted by Gasteiger charge is 2.03. The zero-order chi connectivity index (χ0) is 11.1. The molecule has 4 heteroatoms. The molecule has 0 atom stereocenters. The van der Waals surface area contributed by atoms with Crippen LogP contribution in [0.3, 0.4) is 0 Å². The van der Waals surface area contributed by atoms with Crippen LogP contribution < -0.4 is 5.32 Å². The Hall–Kier alpha value is -1.89. The molecule has 1 heterocycles. The molecule has 15 heavy (non-hydrogen) atoms. The number of carbonyl (C=O) groups excluding carboxylic acids is 1. The van der Waals surface area contributed by atoms with Crippen LogP contribution in [-0.2, 0) is 0 Å². The first-order valence-corrected chi connectivity index (χ1v) is 4.82. The monoisotopic (exact) mass is 203 g/mol. The van der Waals surface area contributed by atoms with Gasteiger partial charge in [0, 0.05) is 24.9 Å². The molecule has 0 radical (unpaired) electrons. The van der Waals surface area contributed by atoms with E-state index in [1.807, 2.05) is 13.0 Å². The van der Waals surface area contributed by atoms with Crippen molar-refractivity contribution in [3.8, 4) is 6.07 Å². The van der Waals surface area contributed by atoms with Crippen molar-refractivity contribution in [2.24, 2.45) is 0 Å². The molecule has 0 aliphatic rings. The van der Waals surface area contributed by atoms with Crippen molar-refractivity contribution in [3.05, 3.63) is 29.6 Å². The van der Waals surface area contributed by atoms with Gasteiger partial charge >= 0.3 is 0 Å². The summed E-state index contributed by atoms with van der Waals surface area (Å²) in [6.45, 7) is 2.40. The van der Waals surface area contributed by atoms with Crippen molar-refractivity contribution >= 4 is 5.91 Å². The number of carbonyl (C=O) groups is 1. The van der Waals surface area contributed by atoms with Gasteiger partial charge in [-0.05, 0) is 25.5 Å². The molecule has 0 aromatic carbocycles. The second kappa shape index (κ2) is 5.76. The van der Waals surface area contributed by atoms with E-state index in [0.717, 1.165) is 5.69 Å². The summed E-state index contributed by atoms with van der Waals surface area (Å²) >= 11 is 0. The highest BCUT2D eigenvalue weighted by Crippen LogP contribution is 1.98. The van der Waals surface area contributed by atoms with Gasteiger partial charge in [0.15, 0.2) is 0 Å². The minimum absolute atomic E-state index is 0.138. The molecule has 0 fully saturated rings. The van der Waals surface area contributed by atoms with Crippen LogP contribution >= 0.6 is 0 Å². The molecule has 1 rings (SSSR count). The number of hydrogen-bond acceptors (Lipinski definition) is 3. The fourth-order valence-electron chi connectivity index (χ4n) is 1.07. The van der Waals surface area contributed by atoms with Crippen LogP contribution in [0.15, 0.2) is 18.3 Å². The Labute approximate surface area is 88.9 Å². The van der Waals surface area contributed by atoms with Gasteiger partial charge in [-0.1, -0.05) is 0 Å². The van der Waals surface area contributed by atoms with Gasteiger partial charge in [-0.2, -0.15) is 5.26 Å². The van der Waals surface area contributed by atoms with Gasteiger partial charge < -0.3 is 5.32 Å². The van der Waals surface area contributed by atoms with Gasteiger partial charge in [0.1, 0.15) is 0 Å². The first-order valence-electron chi connectivity index (χ1n) is 4.82. The standard InChI is InChI=1S/C11H13N3O/c1-9-4-5-10(8-14-9)11(15)13-7-3-2-6-12/h4-5,8H,2-3,7H2,1H3,(H,13,15). The van der Waals surface area contributed by atoms with Crippen LogP contribution in [0.4, 0.5) is 0 Å². The van der Waals surface area contributed by atoms with E-state index in [9.17, 15) is 4.79 Å². The minimum atomic E-state index is -0.138. The lowest BCUT2D eigenvalue weighted by Gasteiger charge is -2.03. The molecule has 1 aromatic rings. The average Bonchev–Trinajstić information content (AvgIpc) is 2.25. The fourth-order valence-corrected chi connectivity index (χ4v) is 1.07. The number of nitriles is 1. The van der Waals surface area contributed by atoms with Crippen LogP contribution in [0.1, 0.15) is 28.9 Å². The Morgan fingerprint density at radius 2 is 2.40 bits per heavy atom. The summed E-state index contributed by atoms with van der Waals surface area (Å²) in [6, 6.07) is 5.56. The van der Waals surface area contributed by atoms with Gasteiger partial charge in [-0.3, -0.25) is 9.78 Å². The molecule has 0 aliphatic heterocycles. The number of aromatic nitrogens is 1. The Balaban J connectivity index is 2.41. The largest absolute Gasteiger partial charge is 0.352 e. The average molecular weight is 203 g/mol. The Morgan fingerprint density at radius 3 is 3.00 bits per heavy atom. The minimum Gasteiger partial charge on any atom is -0.352 e. The summed E-state index contributed by atoms with van der Waals surface area (Å²) in [5.74, 6) is -0.138. The van der Waals surface area contributed by atoms with Crippen molar-refractivity contribution in [2.75, 3.05) is 6.54 Å². The summed E-state index contributed by atoms with van der Waals surface area (Å²) < 4.78 is 0. The third-order valence-corrected chi connectivity index (χ3v) is 1.92. The number of nitrogens with one attached hydrogen (secondary N) is 1. The van der Waals surface area contributed by atoms with Crippen LogP contribution in [-0.4, -0.2) is 17.4 Å². The number of pyridine rings is 1. The van der Waals surface area contributed by atoms with Gasteiger partial charge in [-0.15, -0.1) is 0 Å². The predicted octanol–water partition coefficient (Wildman–Crippen LogP) is 1.42. The Morgan fingerprint density at radius 1 is 1.60 bits per heavy atom. The van der Waals surface area contributed by atoms with E-state index in [2.05, 4.69) is 10.3 Å². The quantitative estimate of drug-likeness (QED) is 0.752. The number of nitrogens with zero attached hydrogens (tertiary/aromatic N) is 2. The second-order valence-corrected chi connectivity index (χ2v) is 3.21. The van der Waals surface area contributed by atoms with Gasteiger partial charge in [0.2, 0.25) is 0 Å². The first-order chi connectivity index (χ1) is 7.24. The van der Waals surface area contributed by atoms with E-state index in [4.69, 9.17) is 5.26 Å². The summed E-state index contributed by atoms with van der Waals surface area (Å²) in [7, 11) is 0. The molecule has 0 aliphatic carbocycles. The second-order valence-electron chi connectivity index (χ2n) is 3.21. The number of aryl methyl sites for hydroxylation is 1. The zero-order valence-corrected chi connectivity index (χ0v) is 8.66.